The van der Waals surface area contributed by atoms with Crippen LogP contribution >= 0.6 is 12.4 Å². The average molecular weight is 139 g/mol. The van der Waals surface area contributed by atoms with Crippen molar-refractivity contribution in [2.45, 2.75) is 26.7 Å². The van der Waals surface area contributed by atoms with Gasteiger partial charge in [-0.15, -0.1) is 12.4 Å². The SMILES string of the molecule is CC(C)CCCO.Cl. The lowest BCUT2D eigenvalue weighted by Crippen LogP contribution is -1.89. The third kappa shape index (κ3) is 9.54. The summed E-state index contributed by atoms with van der Waals surface area (Å²) in [5, 5.41) is 8.32. The van der Waals surface area contributed by atoms with E-state index < -0.39 is 0 Å². The summed E-state index contributed by atoms with van der Waals surface area (Å²) in [4.78, 5) is 0. The number of rotatable bonds is 3. The van der Waals surface area contributed by atoms with Crippen LogP contribution in [0.1, 0.15) is 26.7 Å². The Morgan fingerprint density at radius 1 is 1.38 bits per heavy atom. The first-order valence-corrected chi connectivity index (χ1v) is 2.88. The van der Waals surface area contributed by atoms with Gasteiger partial charge >= 0.3 is 0 Å². The molecule has 0 fully saturated rings. The number of halogens is 1. The molecule has 0 heterocycles. The average Bonchev–Trinajstić information content (AvgIpc) is 1.61. The van der Waals surface area contributed by atoms with E-state index in [1.54, 1.807) is 0 Å². The summed E-state index contributed by atoms with van der Waals surface area (Å²) in [7, 11) is 0. The lowest BCUT2D eigenvalue weighted by atomic mass is 10.1. The van der Waals surface area contributed by atoms with Crippen LogP contribution in [0.4, 0.5) is 0 Å². The fourth-order valence-electron chi connectivity index (χ4n) is 0.500. The lowest BCUT2D eigenvalue weighted by molar-refractivity contribution is 0.276. The van der Waals surface area contributed by atoms with Crippen LogP contribution in [0.15, 0.2) is 0 Å². The number of hydrogen-bond acceptors (Lipinski definition) is 1. The Hall–Kier alpha value is 0.250. The molecule has 0 aromatic carbocycles. The van der Waals surface area contributed by atoms with Gasteiger partial charge in [-0.3, -0.25) is 0 Å². The van der Waals surface area contributed by atoms with Crippen molar-refractivity contribution >= 4 is 12.4 Å². The molecule has 0 amide bonds. The van der Waals surface area contributed by atoms with E-state index in [-0.39, 0.29) is 12.4 Å². The van der Waals surface area contributed by atoms with Gasteiger partial charge in [-0.2, -0.15) is 0 Å². The standard InChI is InChI=1S/C6H14O.ClH/c1-6(2)4-3-5-7;/h6-7H,3-5H2,1-2H3;1H. The molecule has 0 bridgehead atoms. The molecule has 0 saturated carbocycles. The minimum atomic E-state index is 0. The van der Waals surface area contributed by atoms with Crippen molar-refractivity contribution in [2.75, 3.05) is 6.61 Å². The van der Waals surface area contributed by atoms with Gasteiger partial charge in [0.15, 0.2) is 0 Å². The molecular formula is C6H15ClO. The van der Waals surface area contributed by atoms with Gasteiger partial charge in [-0.1, -0.05) is 13.8 Å². The molecule has 1 nitrogen and oxygen atoms in total. The van der Waals surface area contributed by atoms with E-state index in [4.69, 9.17) is 5.11 Å². The maximum atomic E-state index is 8.32. The van der Waals surface area contributed by atoms with E-state index in [0.717, 1.165) is 18.8 Å². The number of aliphatic hydroxyl groups is 1. The Balaban J connectivity index is 0. The molecule has 0 saturated heterocycles. The van der Waals surface area contributed by atoms with Gasteiger partial charge < -0.3 is 5.11 Å². The zero-order valence-corrected chi connectivity index (χ0v) is 6.37. The summed E-state index contributed by atoms with van der Waals surface area (Å²) >= 11 is 0. The van der Waals surface area contributed by atoms with Crippen molar-refractivity contribution in [3.63, 3.8) is 0 Å². The molecule has 0 spiro atoms. The molecule has 1 N–H and O–H groups in total. The van der Waals surface area contributed by atoms with Crippen molar-refractivity contribution in [3.8, 4) is 0 Å². The molecule has 0 aliphatic rings. The molecule has 8 heavy (non-hydrogen) atoms. The molecule has 0 aliphatic heterocycles. The highest BCUT2D eigenvalue weighted by molar-refractivity contribution is 5.85. The Morgan fingerprint density at radius 2 is 1.88 bits per heavy atom. The predicted octanol–water partition coefficient (Wildman–Crippen LogP) is 1.84. The Labute approximate surface area is 57.5 Å². The summed E-state index contributed by atoms with van der Waals surface area (Å²) in [6.07, 6.45) is 2.11. The fourth-order valence-corrected chi connectivity index (χ4v) is 0.500. The Bertz CT molecular complexity index is 37.5. The van der Waals surface area contributed by atoms with Crippen molar-refractivity contribution in [1.29, 1.82) is 0 Å². The van der Waals surface area contributed by atoms with Gasteiger partial charge in [0.1, 0.15) is 0 Å². The van der Waals surface area contributed by atoms with Crippen LogP contribution in [0, 0.1) is 5.92 Å². The second-order valence-corrected chi connectivity index (χ2v) is 2.26. The van der Waals surface area contributed by atoms with E-state index >= 15 is 0 Å². The molecule has 0 aromatic heterocycles. The zero-order valence-electron chi connectivity index (χ0n) is 5.55. The maximum Gasteiger partial charge on any atom is 0.0431 e. The fraction of sp³-hybridized carbons (Fsp3) is 1.00. The topological polar surface area (TPSA) is 20.2 Å². The first-order valence-electron chi connectivity index (χ1n) is 2.88. The predicted molar refractivity (Wildman–Crippen MR) is 38.4 cm³/mol. The van der Waals surface area contributed by atoms with E-state index in [1.165, 1.54) is 0 Å². The van der Waals surface area contributed by atoms with Crippen LogP contribution in [0.2, 0.25) is 0 Å². The molecule has 0 atom stereocenters. The van der Waals surface area contributed by atoms with Crippen molar-refractivity contribution in [3.05, 3.63) is 0 Å². The third-order valence-corrected chi connectivity index (χ3v) is 0.940. The van der Waals surface area contributed by atoms with E-state index in [2.05, 4.69) is 13.8 Å². The smallest absolute Gasteiger partial charge is 0.0431 e. The van der Waals surface area contributed by atoms with Crippen LogP contribution in [0.3, 0.4) is 0 Å². The summed E-state index contributed by atoms with van der Waals surface area (Å²) in [6.45, 7) is 4.67. The van der Waals surface area contributed by atoms with Crippen LogP contribution in [-0.4, -0.2) is 11.7 Å². The summed E-state index contributed by atoms with van der Waals surface area (Å²) in [5.41, 5.74) is 0. The Morgan fingerprint density at radius 3 is 2.00 bits per heavy atom. The van der Waals surface area contributed by atoms with Gasteiger partial charge in [-0.05, 0) is 18.8 Å². The molecule has 52 valence electrons. The minimum Gasteiger partial charge on any atom is -0.396 e. The molecule has 0 radical (unpaired) electrons. The number of aliphatic hydroxyl groups excluding tert-OH is 1. The third-order valence-electron chi connectivity index (χ3n) is 0.940. The first-order chi connectivity index (χ1) is 3.27. The van der Waals surface area contributed by atoms with Gasteiger partial charge in [0.2, 0.25) is 0 Å². The normalized spacial score (nSPS) is 9.00. The van der Waals surface area contributed by atoms with Gasteiger partial charge in [0.25, 0.3) is 0 Å². The monoisotopic (exact) mass is 138 g/mol. The summed E-state index contributed by atoms with van der Waals surface area (Å²) in [5.74, 6) is 0.743. The minimum absolute atomic E-state index is 0. The largest absolute Gasteiger partial charge is 0.396 e. The molecule has 2 heteroatoms. The van der Waals surface area contributed by atoms with Crippen molar-refractivity contribution in [2.24, 2.45) is 5.92 Å². The van der Waals surface area contributed by atoms with Crippen molar-refractivity contribution < 1.29 is 5.11 Å². The zero-order chi connectivity index (χ0) is 5.70. The van der Waals surface area contributed by atoms with Crippen LogP contribution in [-0.2, 0) is 0 Å². The Kier molecular flexibility index (Phi) is 10.1. The van der Waals surface area contributed by atoms with Gasteiger partial charge in [-0.25, -0.2) is 0 Å². The second kappa shape index (κ2) is 7.25. The highest BCUT2D eigenvalue weighted by Crippen LogP contribution is 2.00. The second-order valence-electron chi connectivity index (χ2n) is 2.26. The van der Waals surface area contributed by atoms with Crippen LogP contribution in [0.25, 0.3) is 0 Å². The maximum absolute atomic E-state index is 8.32. The highest BCUT2D eigenvalue weighted by atomic mass is 35.5. The van der Waals surface area contributed by atoms with Crippen LogP contribution < -0.4 is 0 Å². The van der Waals surface area contributed by atoms with Gasteiger partial charge in [0.05, 0.1) is 0 Å². The summed E-state index contributed by atoms with van der Waals surface area (Å²) < 4.78 is 0. The molecule has 0 aliphatic carbocycles. The quantitative estimate of drug-likeness (QED) is 0.631. The molecular weight excluding hydrogens is 124 g/mol. The van der Waals surface area contributed by atoms with E-state index in [9.17, 15) is 0 Å². The summed E-state index contributed by atoms with van der Waals surface area (Å²) in [6, 6.07) is 0. The molecule has 0 unspecified atom stereocenters. The van der Waals surface area contributed by atoms with Gasteiger partial charge in [0, 0.05) is 6.61 Å². The van der Waals surface area contributed by atoms with E-state index in [0.29, 0.717) is 6.61 Å². The van der Waals surface area contributed by atoms with Crippen LogP contribution in [0.5, 0.6) is 0 Å². The van der Waals surface area contributed by atoms with E-state index in [1.807, 2.05) is 0 Å². The first kappa shape index (κ1) is 11.1. The highest BCUT2D eigenvalue weighted by Gasteiger charge is 1.89. The van der Waals surface area contributed by atoms with Crippen molar-refractivity contribution in [1.82, 2.24) is 0 Å². The molecule has 0 aromatic rings. The number of hydrogen-bond donors (Lipinski definition) is 1. The lowest BCUT2D eigenvalue weighted by Gasteiger charge is -1.98. The molecule has 0 rings (SSSR count).